The average Bonchev–Trinajstić information content (AvgIpc) is 3.77. The molecular weight excluding hydrogens is 872 g/mol. The summed E-state index contributed by atoms with van der Waals surface area (Å²) in [6.07, 6.45) is -0.0828. The topological polar surface area (TPSA) is 355 Å². The van der Waals surface area contributed by atoms with Crippen molar-refractivity contribution in [3.05, 3.63) is 83.7 Å². The smallest absolute Gasteiger partial charge is 0.681 e. The number of aromatic nitrogens is 2. The van der Waals surface area contributed by atoms with Crippen LogP contribution in [0.1, 0.15) is 98.9 Å². The third kappa shape index (κ3) is 11.1. The maximum absolute atomic E-state index is 12.6. The third-order valence-electron chi connectivity index (χ3n) is 11.6. The Balaban J connectivity index is 0.00000871. The van der Waals surface area contributed by atoms with Gasteiger partial charge in [-0.15, -0.1) is 33.9 Å². The zero-order valence-corrected chi connectivity index (χ0v) is 35.0. The molecule has 0 aromatic carbocycles. The molecular formula is C42H44FeN4O16. The molecule has 21 heteroatoms. The van der Waals surface area contributed by atoms with Gasteiger partial charge in [-0.25, -0.2) is 0 Å². The van der Waals surface area contributed by atoms with Crippen LogP contribution in [0.15, 0.2) is 28.7 Å². The molecule has 2 aromatic rings. The van der Waals surface area contributed by atoms with Crippen LogP contribution >= 0.6 is 0 Å². The van der Waals surface area contributed by atoms with E-state index in [1.165, 1.54) is 31.2 Å². The first-order chi connectivity index (χ1) is 29.0. The van der Waals surface area contributed by atoms with Crippen molar-refractivity contribution in [2.75, 3.05) is 0 Å². The molecule has 8 bridgehead atoms. The Kier molecular flexibility index (Phi) is 15.3. The van der Waals surface area contributed by atoms with E-state index in [1.807, 2.05) is 0 Å². The minimum atomic E-state index is -1.57. The summed E-state index contributed by atoms with van der Waals surface area (Å²) < 4.78 is 0. The minimum absolute atomic E-state index is 0. The molecule has 2 aromatic heterocycles. The minimum Gasteiger partial charge on any atom is -0.681 e. The number of allylic oxidation sites excluding steroid dienone is 3. The number of carbonyl (C=O) groups is 8. The van der Waals surface area contributed by atoms with E-state index in [0.717, 1.165) is 0 Å². The molecule has 3 aliphatic rings. The normalized spacial score (nSPS) is 23.8. The summed E-state index contributed by atoms with van der Waals surface area (Å²) in [6.45, 7) is 3.05. The Morgan fingerprint density at radius 1 is 0.556 bits per heavy atom. The van der Waals surface area contributed by atoms with Crippen molar-refractivity contribution >= 4 is 66.0 Å². The van der Waals surface area contributed by atoms with Gasteiger partial charge in [0.25, 0.3) is 0 Å². The third-order valence-corrected chi connectivity index (χ3v) is 11.6. The fraction of sp³-hybridized carbons (Fsp3) is 0.429. The Labute approximate surface area is 368 Å². The maximum Gasteiger partial charge on any atom is 4.00 e. The van der Waals surface area contributed by atoms with Gasteiger partial charge in [-0.2, -0.15) is 11.4 Å². The monoisotopic (exact) mass is 916 g/mol. The van der Waals surface area contributed by atoms with Crippen molar-refractivity contribution in [1.82, 2.24) is 9.97 Å². The first kappa shape index (κ1) is 49.1. The van der Waals surface area contributed by atoms with Gasteiger partial charge in [-0.1, -0.05) is 54.8 Å². The molecule has 0 saturated carbocycles. The van der Waals surface area contributed by atoms with Gasteiger partial charge < -0.3 is 61.5 Å². The number of hydrogen-bond donors (Lipinski definition) is 8. The summed E-state index contributed by atoms with van der Waals surface area (Å²) in [5.74, 6) is -11.2. The van der Waals surface area contributed by atoms with Crippen LogP contribution < -0.4 is 20.7 Å². The Morgan fingerprint density at radius 2 is 1.08 bits per heavy atom. The van der Waals surface area contributed by atoms with E-state index >= 15 is 0 Å². The number of nitrogens with zero attached hydrogens (tertiary/aromatic N) is 4. The summed E-state index contributed by atoms with van der Waals surface area (Å²) in [5.41, 5.74) is -2.46. The van der Waals surface area contributed by atoms with Crippen LogP contribution in [-0.4, -0.2) is 94.6 Å². The molecule has 1 unspecified atom stereocenters. The van der Waals surface area contributed by atoms with Crippen LogP contribution in [0.5, 0.6) is 0 Å². The molecule has 4 atom stereocenters. The van der Waals surface area contributed by atoms with Crippen LogP contribution in [0.2, 0.25) is 0 Å². The van der Waals surface area contributed by atoms with Gasteiger partial charge in [-0.05, 0) is 48.1 Å². The van der Waals surface area contributed by atoms with Crippen LogP contribution in [0.3, 0.4) is 0 Å². The second kappa shape index (κ2) is 19.6. The largest absolute Gasteiger partial charge is 4.00 e. The van der Waals surface area contributed by atoms with E-state index < -0.39 is 122 Å². The number of hydrogen-bond acceptors (Lipinski definition) is 8. The van der Waals surface area contributed by atoms with Gasteiger partial charge in [0, 0.05) is 31.1 Å². The van der Waals surface area contributed by atoms with Gasteiger partial charge in [0.05, 0.1) is 25.7 Å². The molecule has 1 fully saturated rings. The zero-order valence-electron chi connectivity index (χ0n) is 33.9. The number of fused-ring (bicyclic) bond motifs is 8. The second-order valence-corrected chi connectivity index (χ2v) is 15.9. The van der Waals surface area contributed by atoms with Crippen molar-refractivity contribution in [2.24, 2.45) is 16.7 Å². The molecule has 3 aliphatic heterocycles. The molecule has 5 heterocycles. The van der Waals surface area contributed by atoms with E-state index in [4.69, 9.17) is 20.6 Å². The fourth-order valence-electron chi connectivity index (χ4n) is 8.75. The fourth-order valence-corrected chi connectivity index (χ4v) is 8.75. The van der Waals surface area contributed by atoms with E-state index in [2.05, 4.69) is 0 Å². The maximum atomic E-state index is 12.6. The van der Waals surface area contributed by atoms with Crippen molar-refractivity contribution in [3.8, 4) is 0 Å². The summed E-state index contributed by atoms with van der Waals surface area (Å²) in [4.78, 5) is 107. The standard InChI is InChI=1S/C42H44N4O16.Fe/c1-41(17-39(59)60)23(5-9-35(51)52)29-14-27-21(11-37(55)56)19(3-7-33(47)48)25(43-27)13-26-20(4-8-34(49)50)22(12-38(57)58)28(44-26)15-31-42(2,18-40(61)62)24(6-10-36(53)54)30(46-31)16-32(41)45-29;/h13-16,24,30H,3-12,17-18H2,1-2H3,(H,47,48)(H,49,50)(H,51,52)(H,53,54)(H,55,56)(H,57,58)(H,59,60)(H,61,62);/q-4;+4/b25-13-,27-14-,31-15-,32-16-;/t24-,30?,41+,42+;/m1./s1. The van der Waals surface area contributed by atoms with Gasteiger partial charge in [0.15, 0.2) is 0 Å². The van der Waals surface area contributed by atoms with Gasteiger partial charge >= 0.3 is 64.8 Å². The molecule has 0 radical (unpaired) electrons. The molecule has 0 aliphatic carbocycles. The van der Waals surface area contributed by atoms with Crippen molar-refractivity contribution < 1.29 is 96.3 Å². The molecule has 20 nitrogen and oxygen atoms in total. The second-order valence-electron chi connectivity index (χ2n) is 15.9. The van der Waals surface area contributed by atoms with Crippen molar-refractivity contribution in [2.45, 2.75) is 96.9 Å². The first-order valence-electron chi connectivity index (χ1n) is 19.4. The molecule has 8 N–H and O–H groups in total. The average molecular weight is 917 g/mol. The van der Waals surface area contributed by atoms with Crippen LogP contribution in [-0.2, 0) is 81.1 Å². The number of rotatable bonds is 20. The van der Waals surface area contributed by atoms with Crippen LogP contribution in [0.25, 0.3) is 28.9 Å². The predicted molar refractivity (Wildman–Crippen MR) is 213 cm³/mol. The SMILES string of the molecule is C[C@]1(CC(=O)O)C(CCC(=O)O)=C2/C=c3\[n-]/c(c(CCC(=O)O)c3CC(=O)O)=C\c3[n-]c(c(CC(=O)O)c3CCC(=O)O)/C=C3\[N-]C(/C=C/1[N-]2)[C@@H](CCC(=O)O)[C@]3(C)CC(=O)O.[Fe+4]. The van der Waals surface area contributed by atoms with Gasteiger partial charge in [0.1, 0.15) is 0 Å². The molecule has 0 spiro atoms. The molecule has 1 saturated heterocycles. The Hall–Kier alpha value is -6.60. The number of carboxylic acid groups (broad SMARTS) is 8. The Bertz CT molecular complexity index is 2480. The van der Waals surface area contributed by atoms with Gasteiger partial charge in [0.2, 0.25) is 0 Å². The predicted octanol–water partition coefficient (Wildman–Crippen LogP) is 2.44. The van der Waals surface area contributed by atoms with E-state index in [-0.39, 0.29) is 110 Å². The summed E-state index contributed by atoms with van der Waals surface area (Å²) in [7, 11) is 0. The molecule has 5 rings (SSSR count). The molecule has 0 amide bonds. The summed E-state index contributed by atoms with van der Waals surface area (Å²) in [5, 5.41) is 89.2. The van der Waals surface area contributed by atoms with Crippen molar-refractivity contribution in [3.63, 3.8) is 0 Å². The van der Waals surface area contributed by atoms with Crippen molar-refractivity contribution in [1.29, 1.82) is 0 Å². The first-order valence-corrected chi connectivity index (χ1v) is 19.4. The molecule has 63 heavy (non-hydrogen) atoms. The van der Waals surface area contributed by atoms with Gasteiger partial charge in [-0.3, -0.25) is 38.4 Å². The zero-order chi connectivity index (χ0) is 45.8. The quantitative estimate of drug-likeness (QED) is 0.0884. The summed E-state index contributed by atoms with van der Waals surface area (Å²) >= 11 is 0. The van der Waals surface area contributed by atoms with Crippen LogP contribution in [0.4, 0.5) is 0 Å². The summed E-state index contributed by atoms with van der Waals surface area (Å²) in [6, 6.07) is -1.10. The van der Waals surface area contributed by atoms with Crippen LogP contribution in [0, 0.1) is 16.7 Å². The van der Waals surface area contributed by atoms with E-state index in [9.17, 15) is 79.2 Å². The molecule has 336 valence electrons. The number of aliphatic carboxylic acids is 8. The number of carboxylic acids is 8. The Morgan fingerprint density at radius 3 is 1.63 bits per heavy atom. The van der Waals surface area contributed by atoms with E-state index in [1.54, 1.807) is 6.92 Å². The van der Waals surface area contributed by atoms with E-state index in [0.29, 0.717) is 0 Å².